The summed E-state index contributed by atoms with van der Waals surface area (Å²) in [5, 5.41) is 4.09. The SMILES string of the molecule is CNC(Cc1cccc(Cl)c1)Cc1cccnc1N. The van der Waals surface area contributed by atoms with Gasteiger partial charge in [0, 0.05) is 17.3 Å². The van der Waals surface area contributed by atoms with Gasteiger partial charge in [0.15, 0.2) is 0 Å². The van der Waals surface area contributed by atoms with Gasteiger partial charge in [-0.1, -0.05) is 29.8 Å². The zero-order valence-electron chi connectivity index (χ0n) is 10.9. The lowest BCUT2D eigenvalue weighted by molar-refractivity contribution is 0.556. The molecule has 1 aromatic heterocycles. The van der Waals surface area contributed by atoms with E-state index >= 15 is 0 Å². The second kappa shape index (κ2) is 6.55. The number of hydrogen-bond donors (Lipinski definition) is 2. The van der Waals surface area contributed by atoms with Crippen molar-refractivity contribution >= 4 is 17.4 Å². The number of nitrogens with two attached hydrogens (primary N) is 1. The molecule has 0 saturated carbocycles. The minimum absolute atomic E-state index is 0.310. The number of nitrogens with zero attached hydrogens (tertiary/aromatic N) is 1. The molecule has 4 heteroatoms. The molecular formula is C15H18ClN3. The summed E-state index contributed by atoms with van der Waals surface area (Å²) in [5.74, 6) is 0.605. The number of hydrogen-bond acceptors (Lipinski definition) is 3. The van der Waals surface area contributed by atoms with E-state index in [0.29, 0.717) is 11.9 Å². The summed E-state index contributed by atoms with van der Waals surface area (Å²) >= 11 is 6.01. The first-order valence-electron chi connectivity index (χ1n) is 6.30. The van der Waals surface area contributed by atoms with Crippen LogP contribution < -0.4 is 11.1 Å². The van der Waals surface area contributed by atoms with Crippen LogP contribution in [0.1, 0.15) is 11.1 Å². The van der Waals surface area contributed by atoms with E-state index in [4.69, 9.17) is 17.3 Å². The molecule has 0 aliphatic carbocycles. The van der Waals surface area contributed by atoms with Gasteiger partial charge in [0.2, 0.25) is 0 Å². The van der Waals surface area contributed by atoms with Crippen LogP contribution in [0.4, 0.5) is 5.82 Å². The predicted octanol–water partition coefficient (Wildman–Crippen LogP) is 2.69. The van der Waals surface area contributed by atoms with E-state index in [1.54, 1.807) is 6.20 Å². The third-order valence-electron chi connectivity index (χ3n) is 3.17. The highest BCUT2D eigenvalue weighted by Crippen LogP contribution is 2.15. The lowest BCUT2D eigenvalue weighted by Gasteiger charge is -2.17. The van der Waals surface area contributed by atoms with Gasteiger partial charge in [-0.05, 0) is 49.2 Å². The Morgan fingerprint density at radius 2 is 2.11 bits per heavy atom. The molecule has 1 heterocycles. The summed E-state index contributed by atoms with van der Waals surface area (Å²) in [4.78, 5) is 4.12. The van der Waals surface area contributed by atoms with Gasteiger partial charge < -0.3 is 11.1 Å². The Hall–Kier alpha value is -1.58. The first-order valence-corrected chi connectivity index (χ1v) is 6.68. The Labute approximate surface area is 118 Å². The number of rotatable bonds is 5. The van der Waals surface area contributed by atoms with Crippen LogP contribution in [-0.2, 0) is 12.8 Å². The molecule has 0 bridgehead atoms. The molecule has 2 rings (SSSR count). The summed E-state index contributed by atoms with van der Waals surface area (Å²) in [7, 11) is 1.96. The zero-order chi connectivity index (χ0) is 13.7. The number of nitrogen functional groups attached to an aromatic ring is 1. The fraction of sp³-hybridized carbons (Fsp3) is 0.267. The maximum absolute atomic E-state index is 6.01. The molecule has 0 amide bonds. The second-order valence-corrected chi connectivity index (χ2v) is 5.01. The maximum atomic E-state index is 6.01. The van der Waals surface area contributed by atoms with Crippen molar-refractivity contribution in [3.8, 4) is 0 Å². The molecule has 19 heavy (non-hydrogen) atoms. The van der Waals surface area contributed by atoms with Crippen molar-refractivity contribution in [2.24, 2.45) is 0 Å². The fourth-order valence-corrected chi connectivity index (χ4v) is 2.33. The number of nitrogens with one attached hydrogen (secondary N) is 1. The van der Waals surface area contributed by atoms with Gasteiger partial charge in [-0.25, -0.2) is 4.98 Å². The van der Waals surface area contributed by atoms with E-state index in [1.807, 2.05) is 37.4 Å². The topological polar surface area (TPSA) is 50.9 Å². The Bertz CT molecular complexity index is 542. The average molecular weight is 276 g/mol. The highest BCUT2D eigenvalue weighted by atomic mass is 35.5. The molecule has 0 fully saturated rings. The van der Waals surface area contributed by atoms with Gasteiger partial charge >= 0.3 is 0 Å². The van der Waals surface area contributed by atoms with E-state index in [-0.39, 0.29) is 0 Å². The molecular weight excluding hydrogens is 258 g/mol. The van der Waals surface area contributed by atoms with Crippen molar-refractivity contribution in [2.75, 3.05) is 12.8 Å². The fourth-order valence-electron chi connectivity index (χ4n) is 2.11. The van der Waals surface area contributed by atoms with Gasteiger partial charge in [-0.2, -0.15) is 0 Å². The Kier molecular flexibility index (Phi) is 4.77. The smallest absolute Gasteiger partial charge is 0.126 e. The van der Waals surface area contributed by atoms with Gasteiger partial charge in [0.25, 0.3) is 0 Å². The van der Waals surface area contributed by atoms with Crippen LogP contribution in [0, 0.1) is 0 Å². The Morgan fingerprint density at radius 1 is 1.26 bits per heavy atom. The van der Waals surface area contributed by atoms with Crippen molar-refractivity contribution in [3.63, 3.8) is 0 Å². The second-order valence-electron chi connectivity index (χ2n) is 4.57. The molecule has 0 saturated heterocycles. The molecule has 3 N–H and O–H groups in total. The minimum atomic E-state index is 0.310. The van der Waals surface area contributed by atoms with Gasteiger partial charge in [-0.3, -0.25) is 0 Å². The summed E-state index contributed by atoms with van der Waals surface area (Å²) in [6.45, 7) is 0. The van der Waals surface area contributed by atoms with E-state index < -0.39 is 0 Å². The van der Waals surface area contributed by atoms with Crippen molar-refractivity contribution in [3.05, 3.63) is 58.7 Å². The molecule has 0 radical (unpaired) electrons. The monoisotopic (exact) mass is 275 g/mol. The van der Waals surface area contributed by atoms with E-state index in [9.17, 15) is 0 Å². The first-order chi connectivity index (χ1) is 9.19. The van der Waals surface area contributed by atoms with Crippen molar-refractivity contribution in [1.29, 1.82) is 0 Å². The van der Waals surface area contributed by atoms with Crippen LogP contribution >= 0.6 is 11.6 Å². The summed E-state index contributed by atoms with van der Waals surface area (Å²) in [6, 6.07) is 12.2. The van der Waals surface area contributed by atoms with Gasteiger partial charge in [-0.15, -0.1) is 0 Å². The van der Waals surface area contributed by atoms with Crippen molar-refractivity contribution in [1.82, 2.24) is 10.3 Å². The van der Waals surface area contributed by atoms with Crippen LogP contribution in [0.25, 0.3) is 0 Å². The zero-order valence-corrected chi connectivity index (χ0v) is 11.7. The van der Waals surface area contributed by atoms with Crippen LogP contribution in [0.15, 0.2) is 42.6 Å². The lowest BCUT2D eigenvalue weighted by Crippen LogP contribution is -2.30. The van der Waals surface area contributed by atoms with E-state index in [2.05, 4.69) is 16.4 Å². The molecule has 3 nitrogen and oxygen atoms in total. The summed E-state index contributed by atoms with van der Waals surface area (Å²) in [5.41, 5.74) is 8.17. The molecule has 0 spiro atoms. The number of halogens is 1. The van der Waals surface area contributed by atoms with Crippen LogP contribution in [0.3, 0.4) is 0 Å². The van der Waals surface area contributed by atoms with Crippen LogP contribution in [0.2, 0.25) is 5.02 Å². The highest BCUT2D eigenvalue weighted by molar-refractivity contribution is 6.30. The van der Waals surface area contributed by atoms with Crippen LogP contribution in [0.5, 0.6) is 0 Å². The summed E-state index contributed by atoms with van der Waals surface area (Å²) < 4.78 is 0. The first kappa shape index (κ1) is 13.8. The van der Waals surface area contributed by atoms with Crippen molar-refractivity contribution < 1.29 is 0 Å². The highest BCUT2D eigenvalue weighted by Gasteiger charge is 2.10. The number of anilines is 1. The maximum Gasteiger partial charge on any atom is 0.126 e. The molecule has 2 aromatic rings. The standard InChI is InChI=1S/C15H18ClN3/c1-18-14(9-11-4-2-6-13(16)8-11)10-12-5-3-7-19-15(12)17/h2-8,14,18H,9-10H2,1H3,(H2,17,19). The Balaban J connectivity index is 2.07. The predicted molar refractivity (Wildman–Crippen MR) is 80.4 cm³/mol. The molecule has 1 atom stereocenters. The van der Waals surface area contributed by atoms with E-state index in [0.717, 1.165) is 23.4 Å². The van der Waals surface area contributed by atoms with Gasteiger partial charge in [0.1, 0.15) is 5.82 Å². The summed E-state index contributed by atoms with van der Waals surface area (Å²) in [6.07, 6.45) is 3.47. The minimum Gasteiger partial charge on any atom is -0.383 e. The molecule has 0 aliphatic rings. The number of likely N-dealkylation sites (N-methyl/N-ethyl adjacent to an activating group) is 1. The van der Waals surface area contributed by atoms with E-state index in [1.165, 1.54) is 5.56 Å². The normalized spacial score (nSPS) is 12.3. The van der Waals surface area contributed by atoms with Crippen LogP contribution in [-0.4, -0.2) is 18.1 Å². The number of pyridine rings is 1. The van der Waals surface area contributed by atoms with Gasteiger partial charge in [0.05, 0.1) is 0 Å². The molecule has 1 unspecified atom stereocenters. The largest absolute Gasteiger partial charge is 0.383 e. The third-order valence-corrected chi connectivity index (χ3v) is 3.41. The Morgan fingerprint density at radius 3 is 2.79 bits per heavy atom. The molecule has 1 aromatic carbocycles. The number of benzene rings is 1. The number of aromatic nitrogens is 1. The quantitative estimate of drug-likeness (QED) is 0.882. The molecule has 100 valence electrons. The third kappa shape index (κ3) is 3.94. The van der Waals surface area contributed by atoms with Crippen molar-refractivity contribution in [2.45, 2.75) is 18.9 Å². The molecule has 0 aliphatic heterocycles. The average Bonchev–Trinajstić information content (AvgIpc) is 2.40. The lowest BCUT2D eigenvalue weighted by atomic mass is 9.99.